The Labute approximate surface area is 575 Å². The van der Waals surface area contributed by atoms with Crippen LogP contribution in [0, 0.1) is 23.7 Å². The average molecular weight is 1380 g/mol. The summed E-state index contributed by atoms with van der Waals surface area (Å²) in [5.41, 5.74) is 0. The molecule has 17 nitrogen and oxygen atoms in total. The van der Waals surface area contributed by atoms with Gasteiger partial charge in [-0.05, 0) is 49.4 Å². The van der Waals surface area contributed by atoms with Gasteiger partial charge in [0.25, 0.3) is 0 Å². The van der Waals surface area contributed by atoms with Gasteiger partial charge < -0.3 is 33.8 Å². The van der Waals surface area contributed by atoms with Crippen molar-refractivity contribution in [3.05, 3.63) is 0 Å². The fraction of sp³-hybridized carbons (Fsp3) is 0.947. The monoisotopic (exact) mass is 1380 g/mol. The first-order valence-corrected chi connectivity index (χ1v) is 41.7. The number of hydrogen-bond acceptors (Lipinski definition) is 15. The molecule has 5 atom stereocenters. The molecule has 0 aliphatic rings. The summed E-state index contributed by atoms with van der Waals surface area (Å²) in [6.07, 6.45) is 48.7. The number of phosphoric ester groups is 2. The number of esters is 4. The van der Waals surface area contributed by atoms with E-state index in [4.69, 9.17) is 37.0 Å². The average Bonchev–Trinajstić information content (AvgIpc) is 1.41. The normalized spacial score (nSPS) is 14.2. The number of rotatable bonds is 72. The van der Waals surface area contributed by atoms with Gasteiger partial charge in [-0.15, -0.1) is 0 Å². The molecule has 0 fully saturated rings. The Hall–Kier alpha value is -1.94. The van der Waals surface area contributed by atoms with Crippen molar-refractivity contribution in [2.24, 2.45) is 23.7 Å². The molecule has 0 aromatic carbocycles. The van der Waals surface area contributed by atoms with E-state index in [-0.39, 0.29) is 25.7 Å². The number of aliphatic hydroxyl groups excluding tert-OH is 1. The van der Waals surface area contributed by atoms with Gasteiger partial charge in [-0.1, -0.05) is 325 Å². The van der Waals surface area contributed by atoms with Crippen molar-refractivity contribution in [3.8, 4) is 0 Å². The second kappa shape index (κ2) is 64.4. The largest absolute Gasteiger partial charge is 0.472 e. The number of carbonyl (C=O) groups excluding carboxylic acids is 4. The van der Waals surface area contributed by atoms with E-state index >= 15 is 0 Å². The van der Waals surface area contributed by atoms with Gasteiger partial charge in [-0.3, -0.25) is 37.3 Å². The molecule has 0 rings (SSSR count). The Morgan fingerprint density at radius 1 is 0.266 bits per heavy atom. The molecule has 94 heavy (non-hydrogen) atoms. The van der Waals surface area contributed by atoms with E-state index in [9.17, 15) is 43.2 Å². The van der Waals surface area contributed by atoms with Gasteiger partial charge in [-0.25, -0.2) is 9.13 Å². The van der Waals surface area contributed by atoms with E-state index in [1.165, 1.54) is 173 Å². The highest BCUT2D eigenvalue weighted by Crippen LogP contribution is 2.45. The molecular weight excluding hydrogens is 1230 g/mol. The van der Waals surface area contributed by atoms with Crippen LogP contribution in [0.15, 0.2) is 0 Å². The third-order valence-electron chi connectivity index (χ3n) is 17.3. The lowest BCUT2D eigenvalue weighted by atomic mass is 10.0. The minimum absolute atomic E-state index is 0.104. The molecule has 0 saturated carbocycles. The summed E-state index contributed by atoms with van der Waals surface area (Å²) in [5, 5.41) is 10.6. The van der Waals surface area contributed by atoms with Crippen LogP contribution in [0.4, 0.5) is 0 Å². The summed E-state index contributed by atoms with van der Waals surface area (Å²) >= 11 is 0. The Morgan fingerprint density at radius 3 is 0.660 bits per heavy atom. The lowest BCUT2D eigenvalue weighted by molar-refractivity contribution is -0.161. The maximum Gasteiger partial charge on any atom is 0.472 e. The molecule has 3 N–H and O–H groups in total. The third kappa shape index (κ3) is 68.6. The number of hydrogen-bond donors (Lipinski definition) is 3. The second-order valence-electron chi connectivity index (χ2n) is 28.9. The number of aliphatic hydroxyl groups is 1. The summed E-state index contributed by atoms with van der Waals surface area (Å²) in [6, 6.07) is 0. The van der Waals surface area contributed by atoms with Crippen molar-refractivity contribution in [2.45, 2.75) is 395 Å². The number of unbranched alkanes of at least 4 members (excludes halogenated alkanes) is 38. The van der Waals surface area contributed by atoms with Gasteiger partial charge in [0.1, 0.15) is 19.3 Å². The minimum Gasteiger partial charge on any atom is -0.462 e. The zero-order valence-electron chi connectivity index (χ0n) is 61.6. The predicted molar refractivity (Wildman–Crippen MR) is 381 cm³/mol. The Balaban J connectivity index is 5.24. The molecule has 19 heteroatoms. The molecule has 2 unspecified atom stereocenters. The smallest absolute Gasteiger partial charge is 0.462 e. The van der Waals surface area contributed by atoms with E-state index in [2.05, 4.69) is 55.4 Å². The van der Waals surface area contributed by atoms with Crippen LogP contribution in [0.1, 0.15) is 376 Å². The van der Waals surface area contributed by atoms with Gasteiger partial charge in [0.15, 0.2) is 12.2 Å². The molecule has 0 bridgehead atoms. The van der Waals surface area contributed by atoms with Gasteiger partial charge in [0.2, 0.25) is 0 Å². The van der Waals surface area contributed by atoms with Crippen molar-refractivity contribution < 1.29 is 80.2 Å². The van der Waals surface area contributed by atoms with Crippen LogP contribution >= 0.6 is 15.6 Å². The van der Waals surface area contributed by atoms with Crippen LogP contribution in [-0.2, 0) is 65.4 Å². The van der Waals surface area contributed by atoms with Gasteiger partial charge in [-0.2, -0.15) is 0 Å². The van der Waals surface area contributed by atoms with Crippen molar-refractivity contribution in [1.82, 2.24) is 0 Å². The quantitative estimate of drug-likeness (QED) is 0.0222. The Morgan fingerprint density at radius 2 is 0.447 bits per heavy atom. The van der Waals surface area contributed by atoms with Crippen molar-refractivity contribution in [2.75, 3.05) is 39.6 Å². The van der Waals surface area contributed by atoms with Gasteiger partial charge >= 0.3 is 39.5 Å². The topological polar surface area (TPSA) is 237 Å². The molecule has 0 amide bonds. The van der Waals surface area contributed by atoms with Gasteiger partial charge in [0, 0.05) is 25.7 Å². The first-order chi connectivity index (χ1) is 45.1. The van der Waals surface area contributed by atoms with Crippen molar-refractivity contribution in [3.63, 3.8) is 0 Å². The van der Waals surface area contributed by atoms with E-state index in [1.54, 1.807) is 0 Å². The molecule has 0 aliphatic carbocycles. The summed E-state index contributed by atoms with van der Waals surface area (Å²) in [4.78, 5) is 72.7. The lowest BCUT2D eigenvalue weighted by Crippen LogP contribution is -2.30. The van der Waals surface area contributed by atoms with Crippen molar-refractivity contribution >= 4 is 39.5 Å². The molecule has 0 heterocycles. The number of ether oxygens (including phenoxy) is 4. The molecule has 0 radical (unpaired) electrons. The fourth-order valence-electron chi connectivity index (χ4n) is 11.4. The van der Waals surface area contributed by atoms with Crippen LogP contribution < -0.4 is 0 Å². The van der Waals surface area contributed by atoms with E-state index in [1.807, 2.05) is 0 Å². The van der Waals surface area contributed by atoms with Crippen LogP contribution in [0.5, 0.6) is 0 Å². The third-order valence-corrected chi connectivity index (χ3v) is 19.2. The molecular formula is C75H146O17P2. The summed E-state index contributed by atoms with van der Waals surface area (Å²) < 4.78 is 68.4. The Bertz CT molecular complexity index is 1850. The summed E-state index contributed by atoms with van der Waals surface area (Å²) in [5.74, 6) is 0.876. The zero-order valence-corrected chi connectivity index (χ0v) is 63.4. The second-order valence-corrected chi connectivity index (χ2v) is 31.9. The maximum absolute atomic E-state index is 13.1. The lowest BCUT2D eigenvalue weighted by Gasteiger charge is -2.21. The van der Waals surface area contributed by atoms with Crippen LogP contribution in [0.2, 0.25) is 0 Å². The van der Waals surface area contributed by atoms with E-state index in [0.29, 0.717) is 31.6 Å². The first-order valence-electron chi connectivity index (χ1n) is 38.7. The zero-order chi connectivity index (χ0) is 69.6. The van der Waals surface area contributed by atoms with E-state index < -0.39 is 97.5 Å². The molecule has 0 spiro atoms. The standard InChI is InChI=1S/C75H146O17P2/c1-65(2)51-43-35-27-21-16-12-10-9-11-13-19-25-31-41-49-57-74(79)91-70(61-85-72(77)55-47-39-30-24-18-15-14-17-22-28-36-44-52-66(3)4)63-89-93(81,82)87-59-69(76)60-88-94(83,84)90-64-71(62-86-73(78)56-48-40-34-33-38-46-54-68(7)8)92-75(80)58-50-42-32-26-20-23-29-37-45-53-67(5)6/h65-71,76H,9-64H2,1-8H3,(H,81,82)(H,83,84)/t69-,70-,71-/m1/s1. The highest BCUT2D eigenvalue weighted by Gasteiger charge is 2.30. The van der Waals surface area contributed by atoms with Crippen LogP contribution in [0.3, 0.4) is 0 Å². The predicted octanol–water partition coefficient (Wildman–Crippen LogP) is 21.7. The number of carbonyl (C=O) groups is 4. The molecule has 0 aromatic heterocycles. The number of phosphoric acid groups is 2. The van der Waals surface area contributed by atoms with Crippen LogP contribution in [-0.4, -0.2) is 96.7 Å². The summed E-state index contributed by atoms with van der Waals surface area (Å²) in [6.45, 7) is 14.1. The van der Waals surface area contributed by atoms with Gasteiger partial charge in [0.05, 0.1) is 26.4 Å². The minimum atomic E-state index is -4.96. The molecule has 0 aliphatic heterocycles. The highest BCUT2D eigenvalue weighted by atomic mass is 31.2. The SMILES string of the molecule is CC(C)CCCCCCCCCCCCCCCCCC(=O)O[C@H](COC(=O)CCCCCCCCCCCCCCC(C)C)COP(=O)(O)OC[C@@H](O)COP(=O)(O)OC[C@@H](COC(=O)CCCCCCCCC(C)C)OC(=O)CCCCCCCCCCCC(C)C. The summed E-state index contributed by atoms with van der Waals surface area (Å²) in [7, 11) is -9.91. The first kappa shape index (κ1) is 92.1. The van der Waals surface area contributed by atoms with Crippen molar-refractivity contribution in [1.29, 1.82) is 0 Å². The van der Waals surface area contributed by atoms with Crippen LogP contribution in [0.25, 0.3) is 0 Å². The maximum atomic E-state index is 13.1. The highest BCUT2D eigenvalue weighted by molar-refractivity contribution is 7.47. The Kier molecular flexibility index (Phi) is 63.1. The van der Waals surface area contributed by atoms with E-state index in [0.717, 1.165) is 114 Å². The molecule has 0 aromatic rings. The molecule has 0 saturated heterocycles. The molecule has 558 valence electrons. The fourth-order valence-corrected chi connectivity index (χ4v) is 13.0.